The predicted molar refractivity (Wildman–Crippen MR) is 97.0 cm³/mol. The maximum absolute atomic E-state index is 9.10. The Labute approximate surface area is 144 Å². The van der Waals surface area contributed by atoms with E-state index in [0.29, 0.717) is 0 Å². The van der Waals surface area contributed by atoms with Gasteiger partial charge in [0.2, 0.25) is 0 Å². The minimum absolute atomic E-state index is 0.103. The molecule has 1 aliphatic heterocycles. The molecule has 128 valence electrons. The number of hydrogen-bond donors (Lipinski definition) is 1. The number of anilines is 1. The Morgan fingerprint density at radius 1 is 0.875 bits per heavy atom. The Morgan fingerprint density at radius 2 is 1.38 bits per heavy atom. The van der Waals surface area contributed by atoms with Gasteiger partial charge in [-0.1, -0.05) is 36.4 Å². The molecule has 0 bridgehead atoms. The lowest BCUT2D eigenvalue weighted by atomic mass is 10.1. The quantitative estimate of drug-likeness (QED) is 0.885. The van der Waals surface area contributed by atoms with Crippen molar-refractivity contribution >= 4 is 5.69 Å². The number of ether oxygens (including phenoxy) is 1. The highest BCUT2D eigenvalue weighted by Gasteiger charge is 2.11. The van der Waals surface area contributed by atoms with E-state index < -0.39 is 0 Å². The summed E-state index contributed by atoms with van der Waals surface area (Å²) in [5.41, 5.74) is 4.82. The van der Waals surface area contributed by atoms with Crippen molar-refractivity contribution in [3.05, 3.63) is 65.2 Å². The summed E-state index contributed by atoms with van der Waals surface area (Å²) in [4.78, 5) is 4.68. The molecule has 4 nitrogen and oxygen atoms in total. The van der Waals surface area contributed by atoms with Crippen molar-refractivity contribution in [3.8, 4) is 0 Å². The lowest BCUT2D eigenvalue weighted by Gasteiger charge is -2.29. The third kappa shape index (κ3) is 4.57. The Balaban J connectivity index is 1.54. The Bertz CT molecular complexity index is 619. The zero-order chi connectivity index (χ0) is 16.8. The predicted octanol–water partition coefficient (Wildman–Crippen LogP) is 2.65. The summed E-state index contributed by atoms with van der Waals surface area (Å²) >= 11 is 0. The standard InChI is InChI=1S/C20H26N2O2/c1-21(14-17-2-4-19(16-23)5-3-17)15-18-6-8-20(9-7-18)22-10-12-24-13-11-22/h2-9,23H,10-16H2,1H3. The fraction of sp³-hybridized carbons (Fsp3) is 0.400. The van der Waals surface area contributed by atoms with Gasteiger partial charge in [0.15, 0.2) is 0 Å². The largest absolute Gasteiger partial charge is 0.392 e. The highest BCUT2D eigenvalue weighted by molar-refractivity contribution is 5.47. The monoisotopic (exact) mass is 326 g/mol. The van der Waals surface area contributed by atoms with E-state index in [4.69, 9.17) is 9.84 Å². The molecule has 1 saturated heterocycles. The molecule has 24 heavy (non-hydrogen) atoms. The van der Waals surface area contributed by atoms with Gasteiger partial charge in [0, 0.05) is 31.9 Å². The van der Waals surface area contributed by atoms with Gasteiger partial charge >= 0.3 is 0 Å². The van der Waals surface area contributed by atoms with Crippen LogP contribution < -0.4 is 4.90 Å². The molecule has 3 rings (SSSR count). The lowest BCUT2D eigenvalue weighted by molar-refractivity contribution is 0.122. The van der Waals surface area contributed by atoms with Crippen LogP contribution in [0.25, 0.3) is 0 Å². The highest BCUT2D eigenvalue weighted by atomic mass is 16.5. The van der Waals surface area contributed by atoms with Crippen LogP contribution in [0.1, 0.15) is 16.7 Å². The van der Waals surface area contributed by atoms with Crippen LogP contribution in [0, 0.1) is 0 Å². The normalized spacial score (nSPS) is 15.0. The van der Waals surface area contributed by atoms with Crippen molar-refractivity contribution in [1.82, 2.24) is 4.90 Å². The van der Waals surface area contributed by atoms with Gasteiger partial charge in [-0.15, -0.1) is 0 Å². The second-order valence-corrected chi connectivity index (χ2v) is 6.41. The van der Waals surface area contributed by atoms with Crippen LogP contribution in [0.3, 0.4) is 0 Å². The molecule has 0 atom stereocenters. The van der Waals surface area contributed by atoms with Gasteiger partial charge in [-0.3, -0.25) is 4.90 Å². The third-order valence-electron chi connectivity index (χ3n) is 4.42. The molecule has 2 aromatic carbocycles. The maximum Gasteiger partial charge on any atom is 0.0681 e. The molecule has 2 aromatic rings. The fourth-order valence-electron chi connectivity index (χ4n) is 3.06. The average Bonchev–Trinajstić information content (AvgIpc) is 2.64. The Hall–Kier alpha value is -1.88. The smallest absolute Gasteiger partial charge is 0.0681 e. The summed E-state index contributed by atoms with van der Waals surface area (Å²) < 4.78 is 5.41. The van der Waals surface area contributed by atoms with Crippen molar-refractivity contribution in [3.63, 3.8) is 0 Å². The fourth-order valence-corrected chi connectivity index (χ4v) is 3.06. The summed E-state index contributed by atoms with van der Waals surface area (Å²) in [6, 6.07) is 17.0. The van der Waals surface area contributed by atoms with E-state index in [1.807, 2.05) is 12.1 Å². The highest BCUT2D eigenvalue weighted by Crippen LogP contribution is 2.18. The molecule has 1 aliphatic rings. The minimum Gasteiger partial charge on any atom is -0.392 e. The minimum atomic E-state index is 0.103. The van der Waals surface area contributed by atoms with Crippen molar-refractivity contribution in [2.45, 2.75) is 19.7 Å². The van der Waals surface area contributed by atoms with E-state index in [2.05, 4.69) is 53.2 Å². The van der Waals surface area contributed by atoms with E-state index in [-0.39, 0.29) is 6.61 Å². The molecule has 4 heteroatoms. The van der Waals surface area contributed by atoms with Crippen molar-refractivity contribution in [2.24, 2.45) is 0 Å². The van der Waals surface area contributed by atoms with Crippen molar-refractivity contribution < 1.29 is 9.84 Å². The molecule has 1 N–H and O–H groups in total. The molecule has 0 aromatic heterocycles. The number of nitrogens with zero attached hydrogens (tertiary/aromatic N) is 2. The Morgan fingerprint density at radius 3 is 1.92 bits per heavy atom. The first-order valence-corrected chi connectivity index (χ1v) is 8.53. The zero-order valence-corrected chi connectivity index (χ0v) is 14.3. The van der Waals surface area contributed by atoms with Crippen LogP contribution in [0.2, 0.25) is 0 Å². The Kier molecular flexibility index (Phi) is 5.86. The SMILES string of the molecule is CN(Cc1ccc(CO)cc1)Cc1ccc(N2CCOCC2)cc1. The molecule has 0 radical (unpaired) electrons. The van der Waals surface area contributed by atoms with Crippen LogP contribution in [0.15, 0.2) is 48.5 Å². The molecule has 1 heterocycles. The van der Waals surface area contributed by atoms with Gasteiger partial charge in [0.25, 0.3) is 0 Å². The van der Waals surface area contributed by atoms with E-state index in [1.54, 1.807) is 0 Å². The zero-order valence-electron chi connectivity index (χ0n) is 14.3. The van der Waals surface area contributed by atoms with Crippen LogP contribution in [0.4, 0.5) is 5.69 Å². The summed E-state index contributed by atoms with van der Waals surface area (Å²) in [6.07, 6.45) is 0. The van der Waals surface area contributed by atoms with E-state index in [9.17, 15) is 0 Å². The number of benzene rings is 2. The summed E-state index contributed by atoms with van der Waals surface area (Å²) in [7, 11) is 2.13. The molecular weight excluding hydrogens is 300 g/mol. The molecule has 0 amide bonds. The van der Waals surface area contributed by atoms with Crippen LogP contribution in [-0.4, -0.2) is 43.4 Å². The second-order valence-electron chi connectivity index (χ2n) is 6.41. The first kappa shape index (κ1) is 17.0. The van der Waals surface area contributed by atoms with E-state index in [0.717, 1.165) is 45.0 Å². The molecule has 0 aliphatic carbocycles. The van der Waals surface area contributed by atoms with Crippen LogP contribution >= 0.6 is 0 Å². The van der Waals surface area contributed by atoms with Gasteiger partial charge < -0.3 is 14.7 Å². The molecule has 0 unspecified atom stereocenters. The van der Waals surface area contributed by atoms with Gasteiger partial charge in [0.1, 0.15) is 0 Å². The molecule has 0 spiro atoms. The number of morpholine rings is 1. The maximum atomic E-state index is 9.10. The number of aliphatic hydroxyl groups excluding tert-OH is 1. The van der Waals surface area contributed by atoms with Crippen LogP contribution in [0.5, 0.6) is 0 Å². The third-order valence-corrected chi connectivity index (χ3v) is 4.42. The topological polar surface area (TPSA) is 35.9 Å². The van der Waals surface area contributed by atoms with Crippen molar-refractivity contribution in [2.75, 3.05) is 38.3 Å². The molecule has 0 saturated carbocycles. The van der Waals surface area contributed by atoms with Gasteiger partial charge in [0.05, 0.1) is 19.8 Å². The summed E-state index contributed by atoms with van der Waals surface area (Å²) in [6.45, 7) is 5.51. The van der Waals surface area contributed by atoms with Crippen molar-refractivity contribution in [1.29, 1.82) is 0 Å². The number of aliphatic hydroxyl groups is 1. The first-order valence-electron chi connectivity index (χ1n) is 8.53. The van der Waals surface area contributed by atoms with Crippen LogP contribution in [-0.2, 0) is 24.4 Å². The van der Waals surface area contributed by atoms with E-state index in [1.165, 1.54) is 16.8 Å². The van der Waals surface area contributed by atoms with Gasteiger partial charge in [-0.2, -0.15) is 0 Å². The number of hydrogen-bond acceptors (Lipinski definition) is 4. The average molecular weight is 326 g/mol. The molecular formula is C20H26N2O2. The first-order chi connectivity index (χ1) is 11.7. The second kappa shape index (κ2) is 8.29. The summed E-state index contributed by atoms with van der Waals surface area (Å²) in [5.74, 6) is 0. The number of rotatable bonds is 6. The summed E-state index contributed by atoms with van der Waals surface area (Å²) in [5, 5.41) is 9.10. The van der Waals surface area contributed by atoms with Gasteiger partial charge in [-0.25, -0.2) is 0 Å². The molecule has 1 fully saturated rings. The van der Waals surface area contributed by atoms with Gasteiger partial charge in [-0.05, 0) is 35.9 Å². The van der Waals surface area contributed by atoms with E-state index >= 15 is 0 Å². The lowest BCUT2D eigenvalue weighted by Crippen LogP contribution is -2.36.